The molecular formula is C11H16F2O4. The summed E-state index contributed by atoms with van der Waals surface area (Å²) in [5, 5.41) is 8.39. The summed E-state index contributed by atoms with van der Waals surface area (Å²) in [6.07, 6.45) is 1.98. The molecule has 0 amide bonds. The molecule has 0 fully saturated rings. The quantitative estimate of drug-likeness (QED) is 0.580. The van der Waals surface area contributed by atoms with Crippen LogP contribution in [0.5, 0.6) is 0 Å². The van der Waals surface area contributed by atoms with E-state index in [1.54, 1.807) is 0 Å². The number of carboxylic acid groups (broad SMARTS) is 1. The van der Waals surface area contributed by atoms with Gasteiger partial charge in [-0.05, 0) is 12.5 Å². The second-order valence-corrected chi connectivity index (χ2v) is 4.00. The highest BCUT2D eigenvalue weighted by atomic mass is 19.2. The van der Waals surface area contributed by atoms with Crippen LogP contribution in [0.15, 0.2) is 12.2 Å². The molecule has 0 aromatic heterocycles. The van der Waals surface area contributed by atoms with Crippen molar-refractivity contribution in [1.29, 1.82) is 0 Å². The Balaban J connectivity index is 2.43. The molecule has 98 valence electrons. The minimum Gasteiger partial charge on any atom is -0.481 e. The molecule has 1 rings (SSSR count). The first-order valence-corrected chi connectivity index (χ1v) is 5.36. The van der Waals surface area contributed by atoms with Crippen molar-refractivity contribution in [3.8, 4) is 0 Å². The molecule has 0 aliphatic heterocycles. The van der Waals surface area contributed by atoms with Crippen LogP contribution < -0.4 is 0 Å². The van der Waals surface area contributed by atoms with E-state index < -0.39 is 24.1 Å². The standard InChI is InChI=1S/C11H16F2O4/c1-16-10(12)5-3-6-11(13,8-10)17-7-2-4-9(14)15/h3,6H,2,4-5,7-8H2,1H3,(H,14,15). The number of aliphatic carboxylic acids is 1. The Morgan fingerprint density at radius 1 is 1.53 bits per heavy atom. The Morgan fingerprint density at radius 2 is 2.24 bits per heavy atom. The van der Waals surface area contributed by atoms with Crippen LogP contribution in [0.2, 0.25) is 0 Å². The van der Waals surface area contributed by atoms with Crippen LogP contribution in [0.1, 0.15) is 25.7 Å². The average molecular weight is 250 g/mol. The molecule has 0 aromatic carbocycles. The lowest BCUT2D eigenvalue weighted by molar-refractivity contribution is -0.209. The van der Waals surface area contributed by atoms with Gasteiger partial charge in [-0.25, -0.2) is 8.78 Å². The van der Waals surface area contributed by atoms with Gasteiger partial charge < -0.3 is 14.6 Å². The normalized spacial score (nSPS) is 32.6. The van der Waals surface area contributed by atoms with Gasteiger partial charge in [0.1, 0.15) is 0 Å². The van der Waals surface area contributed by atoms with Gasteiger partial charge in [-0.15, -0.1) is 0 Å². The van der Waals surface area contributed by atoms with Gasteiger partial charge in [0.05, 0.1) is 13.0 Å². The Bertz CT molecular complexity index is 308. The van der Waals surface area contributed by atoms with Crippen molar-refractivity contribution < 1.29 is 28.2 Å². The Morgan fingerprint density at radius 3 is 2.82 bits per heavy atom. The fourth-order valence-corrected chi connectivity index (χ4v) is 1.62. The van der Waals surface area contributed by atoms with Crippen LogP contribution in [-0.4, -0.2) is 36.5 Å². The highest BCUT2D eigenvalue weighted by Crippen LogP contribution is 2.37. The Kier molecular flexibility index (Phi) is 4.59. The third-order valence-electron chi connectivity index (χ3n) is 2.54. The van der Waals surface area contributed by atoms with Gasteiger partial charge in [-0.3, -0.25) is 4.79 Å². The molecule has 0 saturated heterocycles. The maximum absolute atomic E-state index is 14.0. The first-order chi connectivity index (χ1) is 7.89. The predicted molar refractivity (Wildman–Crippen MR) is 55.9 cm³/mol. The maximum Gasteiger partial charge on any atom is 0.303 e. The molecule has 1 N–H and O–H groups in total. The second kappa shape index (κ2) is 5.55. The van der Waals surface area contributed by atoms with E-state index in [1.807, 2.05) is 0 Å². The van der Waals surface area contributed by atoms with E-state index in [9.17, 15) is 13.6 Å². The van der Waals surface area contributed by atoms with Crippen LogP contribution in [0.3, 0.4) is 0 Å². The summed E-state index contributed by atoms with van der Waals surface area (Å²) in [5.41, 5.74) is 0. The van der Waals surface area contributed by atoms with Crippen LogP contribution in [0.25, 0.3) is 0 Å². The van der Waals surface area contributed by atoms with Gasteiger partial charge >= 0.3 is 5.97 Å². The van der Waals surface area contributed by atoms with E-state index in [0.717, 1.165) is 6.08 Å². The maximum atomic E-state index is 14.0. The highest BCUT2D eigenvalue weighted by Gasteiger charge is 2.44. The van der Waals surface area contributed by atoms with E-state index in [-0.39, 0.29) is 25.9 Å². The summed E-state index contributed by atoms with van der Waals surface area (Å²) < 4.78 is 37.2. The topological polar surface area (TPSA) is 55.8 Å². The SMILES string of the molecule is COC1(F)CC=CC(F)(OCCCC(=O)O)C1. The largest absolute Gasteiger partial charge is 0.481 e. The smallest absolute Gasteiger partial charge is 0.303 e. The van der Waals surface area contributed by atoms with Crippen LogP contribution in [0.4, 0.5) is 8.78 Å². The Labute approximate surface area is 98.2 Å². The van der Waals surface area contributed by atoms with Crippen LogP contribution >= 0.6 is 0 Å². The van der Waals surface area contributed by atoms with Crippen molar-refractivity contribution in [3.63, 3.8) is 0 Å². The fourth-order valence-electron chi connectivity index (χ4n) is 1.62. The summed E-state index contributed by atoms with van der Waals surface area (Å²) in [6, 6.07) is 0. The van der Waals surface area contributed by atoms with Crippen molar-refractivity contribution in [1.82, 2.24) is 0 Å². The summed E-state index contributed by atoms with van der Waals surface area (Å²) in [7, 11) is 1.17. The summed E-state index contributed by atoms with van der Waals surface area (Å²) >= 11 is 0. The number of ether oxygens (including phenoxy) is 2. The molecule has 0 saturated carbocycles. The Hall–Kier alpha value is -1.01. The van der Waals surface area contributed by atoms with E-state index in [2.05, 4.69) is 4.74 Å². The lowest BCUT2D eigenvalue weighted by Crippen LogP contribution is -2.40. The monoisotopic (exact) mass is 250 g/mol. The van der Waals surface area contributed by atoms with Gasteiger partial charge in [0, 0.05) is 20.0 Å². The molecule has 4 nitrogen and oxygen atoms in total. The first kappa shape index (κ1) is 14.1. The van der Waals surface area contributed by atoms with Crippen molar-refractivity contribution in [2.24, 2.45) is 0 Å². The highest BCUT2D eigenvalue weighted by molar-refractivity contribution is 5.66. The molecule has 1 aliphatic carbocycles. The molecule has 2 unspecified atom stereocenters. The number of methoxy groups -OCH3 is 1. The van der Waals surface area contributed by atoms with E-state index in [1.165, 1.54) is 13.2 Å². The fraction of sp³-hybridized carbons (Fsp3) is 0.727. The molecular weight excluding hydrogens is 234 g/mol. The lowest BCUT2D eigenvalue weighted by atomic mass is 9.97. The summed E-state index contributed by atoms with van der Waals surface area (Å²) in [4.78, 5) is 10.2. The van der Waals surface area contributed by atoms with Gasteiger partial charge in [0.2, 0.25) is 11.7 Å². The third kappa shape index (κ3) is 4.40. The number of rotatable bonds is 6. The van der Waals surface area contributed by atoms with Gasteiger partial charge in [-0.1, -0.05) is 6.08 Å². The molecule has 0 aromatic rings. The summed E-state index contributed by atoms with van der Waals surface area (Å²) in [5.74, 6) is -5.25. The first-order valence-electron chi connectivity index (χ1n) is 5.36. The zero-order valence-electron chi connectivity index (χ0n) is 9.62. The van der Waals surface area contributed by atoms with Gasteiger partial charge in [-0.2, -0.15) is 0 Å². The molecule has 17 heavy (non-hydrogen) atoms. The number of hydrogen-bond donors (Lipinski definition) is 1. The number of hydrogen-bond acceptors (Lipinski definition) is 3. The van der Waals surface area contributed by atoms with Gasteiger partial charge in [0.25, 0.3) is 0 Å². The number of carboxylic acids is 1. The van der Waals surface area contributed by atoms with E-state index in [4.69, 9.17) is 9.84 Å². The molecule has 0 radical (unpaired) electrons. The van der Waals surface area contributed by atoms with Gasteiger partial charge in [0.15, 0.2) is 0 Å². The third-order valence-corrected chi connectivity index (χ3v) is 2.54. The molecule has 2 atom stereocenters. The predicted octanol–water partition coefficient (Wildman–Crippen LogP) is 2.20. The van der Waals surface area contributed by atoms with Crippen molar-refractivity contribution >= 4 is 5.97 Å². The minimum atomic E-state index is -2.22. The number of halogens is 2. The second-order valence-electron chi connectivity index (χ2n) is 4.00. The number of alkyl halides is 2. The molecule has 0 bridgehead atoms. The van der Waals surface area contributed by atoms with Crippen LogP contribution in [-0.2, 0) is 14.3 Å². The van der Waals surface area contributed by atoms with E-state index >= 15 is 0 Å². The molecule has 0 heterocycles. The van der Waals surface area contributed by atoms with Crippen molar-refractivity contribution in [2.75, 3.05) is 13.7 Å². The number of carbonyl (C=O) groups is 1. The zero-order chi connectivity index (χ0) is 12.9. The van der Waals surface area contributed by atoms with Crippen molar-refractivity contribution in [2.45, 2.75) is 37.4 Å². The van der Waals surface area contributed by atoms with E-state index in [0.29, 0.717) is 0 Å². The molecule has 0 spiro atoms. The summed E-state index contributed by atoms with van der Waals surface area (Å²) in [6.45, 7) is -0.0765. The lowest BCUT2D eigenvalue weighted by Gasteiger charge is -2.33. The molecule has 1 aliphatic rings. The zero-order valence-corrected chi connectivity index (χ0v) is 9.62. The molecule has 6 heteroatoms. The van der Waals surface area contributed by atoms with Crippen LogP contribution in [0, 0.1) is 0 Å². The van der Waals surface area contributed by atoms with Crippen molar-refractivity contribution in [3.05, 3.63) is 12.2 Å². The minimum absolute atomic E-state index is 0.0202. The average Bonchev–Trinajstić information content (AvgIpc) is 2.24.